The van der Waals surface area contributed by atoms with E-state index in [9.17, 15) is 19.1 Å². The fourth-order valence-electron chi connectivity index (χ4n) is 2.13. The molecule has 0 aliphatic rings. The first-order chi connectivity index (χ1) is 11.3. The number of aliphatic carboxylic acids is 1. The molecule has 0 aliphatic heterocycles. The molecule has 24 heavy (non-hydrogen) atoms. The summed E-state index contributed by atoms with van der Waals surface area (Å²) in [5.41, 5.74) is -0.600. The van der Waals surface area contributed by atoms with E-state index in [-0.39, 0.29) is 11.4 Å². The van der Waals surface area contributed by atoms with Gasteiger partial charge in [0.2, 0.25) is 0 Å². The number of aromatic nitrogens is 2. The van der Waals surface area contributed by atoms with Crippen LogP contribution in [-0.4, -0.2) is 44.0 Å². The van der Waals surface area contributed by atoms with E-state index in [2.05, 4.69) is 10.4 Å². The molecule has 8 heteroatoms. The van der Waals surface area contributed by atoms with Crippen molar-refractivity contribution in [1.29, 1.82) is 0 Å². The van der Waals surface area contributed by atoms with Crippen LogP contribution in [0.2, 0.25) is 0 Å². The summed E-state index contributed by atoms with van der Waals surface area (Å²) >= 11 is 0. The number of rotatable bonds is 6. The van der Waals surface area contributed by atoms with Gasteiger partial charge in [-0.25, -0.2) is 13.9 Å². The van der Waals surface area contributed by atoms with Crippen molar-refractivity contribution in [2.75, 3.05) is 6.54 Å². The van der Waals surface area contributed by atoms with Gasteiger partial charge in [-0.1, -0.05) is 6.92 Å². The number of carboxylic acids is 1. The molecule has 1 aromatic heterocycles. The topological polar surface area (TPSA) is 104 Å². The van der Waals surface area contributed by atoms with E-state index >= 15 is 0 Å². The third-order valence-electron chi connectivity index (χ3n) is 3.57. The molecule has 7 nitrogen and oxygen atoms in total. The van der Waals surface area contributed by atoms with Crippen LogP contribution in [0.3, 0.4) is 0 Å². The van der Waals surface area contributed by atoms with Crippen LogP contribution in [0.5, 0.6) is 0 Å². The van der Waals surface area contributed by atoms with Crippen LogP contribution in [0.1, 0.15) is 29.9 Å². The summed E-state index contributed by atoms with van der Waals surface area (Å²) in [7, 11) is 0. The normalized spacial score (nSPS) is 13.3. The van der Waals surface area contributed by atoms with Crippen molar-refractivity contribution in [3.63, 3.8) is 0 Å². The van der Waals surface area contributed by atoms with E-state index in [0.29, 0.717) is 17.8 Å². The second kappa shape index (κ2) is 6.79. The highest BCUT2D eigenvalue weighted by Gasteiger charge is 2.31. The van der Waals surface area contributed by atoms with Crippen LogP contribution in [0, 0.1) is 5.82 Å². The smallest absolute Gasteiger partial charge is 0.337 e. The Bertz CT molecular complexity index is 753. The summed E-state index contributed by atoms with van der Waals surface area (Å²) in [6.45, 7) is 2.49. The Balaban J connectivity index is 2.24. The Labute approximate surface area is 137 Å². The van der Waals surface area contributed by atoms with Gasteiger partial charge in [-0.05, 0) is 37.6 Å². The van der Waals surface area contributed by atoms with Crippen LogP contribution in [0.25, 0.3) is 5.69 Å². The van der Waals surface area contributed by atoms with Crippen LogP contribution >= 0.6 is 0 Å². The molecule has 0 bridgehead atoms. The lowest BCUT2D eigenvalue weighted by molar-refractivity contribution is -0.155. The van der Waals surface area contributed by atoms with Crippen molar-refractivity contribution in [2.45, 2.75) is 25.9 Å². The molecule has 1 unspecified atom stereocenters. The molecule has 2 rings (SSSR count). The number of nitrogens with zero attached hydrogens (tertiary/aromatic N) is 2. The molecule has 0 aliphatic carbocycles. The van der Waals surface area contributed by atoms with Gasteiger partial charge in [0.15, 0.2) is 5.60 Å². The highest BCUT2D eigenvalue weighted by Crippen LogP contribution is 2.16. The number of nitrogens with one attached hydrogen (secondary N) is 1. The fraction of sp³-hybridized carbons (Fsp3) is 0.312. The molecule has 0 saturated carbocycles. The second-order valence-electron chi connectivity index (χ2n) is 5.51. The van der Waals surface area contributed by atoms with Crippen LogP contribution in [0.15, 0.2) is 30.5 Å². The largest absolute Gasteiger partial charge is 0.479 e. The van der Waals surface area contributed by atoms with Crippen molar-refractivity contribution in [1.82, 2.24) is 15.1 Å². The number of amides is 1. The van der Waals surface area contributed by atoms with Gasteiger partial charge in [-0.2, -0.15) is 5.10 Å². The summed E-state index contributed by atoms with van der Waals surface area (Å²) in [6.07, 6.45) is 1.84. The van der Waals surface area contributed by atoms with E-state index in [4.69, 9.17) is 5.11 Å². The average Bonchev–Trinajstić information content (AvgIpc) is 2.97. The van der Waals surface area contributed by atoms with Crippen molar-refractivity contribution in [2.24, 2.45) is 0 Å². The van der Waals surface area contributed by atoms with E-state index in [1.165, 1.54) is 23.0 Å². The summed E-state index contributed by atoms with van der Waals surface area (Å²) < 4.78 is 14.5. The lowest BCUT2D eigenvalue weighted by Gasteiger charge is -2.18. The highest BCUT2D eigenvalue weighted by molar-refractivity contribution is 5.95. The first kappa shape index (κ1) is 17.6. The maximum absolute atomic E-state index is 13.0. The van der Waals surface area contributed by atoms with E-state index < -0.39 is 24.0 Å². The molecule has 0 saturated heterocycles. The van der Waals surface area contributed by atoms with E-state index in [1.807, 2.05) is 6.92 Å². The highest BCUT2D eigenvalue weighted by atomic mass is 19.1. The number of aliphatic hydroxyl groups is 1. The molecular weight excluding hydrogens is 317 g/mol. The maximum atomic E-state index is 13.0. The molecule has 1 heterocycles. The number of halogens is 1. The number of benzene rings is 1. The predicted octanol–water partition coefficient (Wildman–Crippen LogP) is 1.14. The number of hydrogen-bond acceptors (Lipinski definition) is 4. The zero-order chi connectivity index (χ0) is 17.9. The predicted molar refractivity (Wildman–Crippen MR) is 83.5 cm³/mol. The van der Waals surface area contributed by atoms with Crippen molar-refractivity contribution < 1.29 is 24.2 Å². The summed E-state index contributed by atoms with van der Waals surface area (Å²) in [4.78, 5) is 23.1. The summed E-state index contributed by atoms with van der Waals surface area (Å²) in [6, 6.07) is 5.66. The monoisotopic (exact) mass is 335 g/mol. The molecule has 0 radical (unpaired) electrons. The van der Waals surface area contributed by atoms with Gasteiger partial charge in [0.1, 0.15) is 5.82 Å². The summed E-state index contributed by atoms with van der Waals surface area (Å²) in [5, 5.41) is 25.0. The Kier molecular flexibility index (Phi) is 4.99. The first-order valence-electron chi connectivity index (χ1n) is 7.33. The summed E-state index contributed by atoms with van der Waals surface area (Å²) in [5.74, 6) is -2.35. The van der Waals surface area contributed by atoms with E-state index in [0.717, 1.165) is 6.92 Å². The molecule has 1 aromatic carbocycles. The van der Waals surface area contributed by atoms with Crippen molar-refractivity contribution in [3.05, 3.63) is 47.5 Å². The fourth-order valence-corrected chi connectivity index (χ4v) is 2.13. The standard InChI is InChI=1S/C16H18FN3O4/c1-3-13-12(14(21)18-9-16(2,24)15(22)23)8-19-20(13)11-6-4-10(17)5-7-11/h4-8,24H,3,9H2,1-2H3,(H,18,21)(H,22,23). The molecule has 1 amide bonds. The lowest BCUT2D eigenvalue weighted by Crippen LogP contribution is -2.46. The number of carboxylic acid groups (broad SMARTS) is 1. The van der Waals surface area contributed by atoms with Crippen LogP contribution in [0.4, 0.5) is 4.39 Å². The maximum Gasteiger partial charge on any atom is 0.337 e. The Morgan fingerprint density at radius 1 is 1.33 bits per heavy atom. The average molecular weight is 335 g/mol. The molecule has 0 spiro atoms. The van der Waals surface area contributed by atoms with Crippen LogP contribution < -0.4 is 5.32 Å². The molecule has 3 N–H and O–H groups in total. The zero-order valence-electron chi connectivity index (χ0n) is 13.3. The van der Waals surface area contributed by atoms with Crippen molar-refractivity contribution in [3.8, 4) is 5.69 Å². The molecular formula is C16H18FN3O4. The van der Waals surface area contributed by atoms with Crippen molar-refractivity contribution >= 4 is 11.9 Å². The third-order valence-corrected chi connectivity index (χ3v) is 3.57. The van der Waals surface area contributed by atoms with Gasteiger partial charge in [-0.3, -0.25) is 4.79 Å². The van der Waals surface area contributed by atoms with Gasteiger partial charge >= 0.3 is 5.97 Å². The Morgan fingerprint density at radius 3 is 2.50 bits per heavy atom. The molecule has 128 valence electrons. The van der Waals surface area contributed by atoms with Gasteiger partial charge in [0, 0.05) is 0 Å². The third kappa shape index (κ3) is 3.60. The minimum atomic E-state index is -2.06. The van der Waals surface area contributed by atoms with Gasteiger partial charge < -0.3 is 15.5 Å². The zero-order valence-corrected chi connectivity index (χ0v) is 13.3. The minimum Gasteiger partial charge on any atom is -0.479 e. The molecule has 2 aromatic rings. The van der Waals surface area contributed by atoms with Crippen LogP contribution in [-0.2, 0) is 11.2 Å². The Morgan fingerprint density at radius 2 is 1.96 bits per heavy atom. The molecule has 1 atom stereocenters. The van der Waals surface area contributed by atoms with E-state index in [1.54, 1.807) is 12.1 Å². The SMILES string of the molecule is CCc1c(C(=O)NCC(C)(O)C(=O)O)cnn1-c1ccc(F)cc1. The lowest BCUT2D eigenvalue weighted by atomic mass is 10.1. The molecule has 0 fully saturated rings. The Hall–Kier alpha value is -2.74. The van der Waals surface area contributed by atoms with Gasteiger partial charge in [-0.15, -0.1) is 0 Å². The first-order valence-corrected chi connectivity index (χ1v) is 7.33. The quantitative estimate of drug-likeness (QED) is 0.734. The number of hydrogen-bond donors (Lipinski definition) is 3. The number of carbonyl (C=O) groups is 2. The minimum absolute atomic E-state index is 0.267. The second-order valence-corrected chi connectivity index (χ2v) is 5.51. The van der Waals surface area contributed by atoms with Gasteiger partial charge in [0.25, 0.3) is 5.91 Å². The number of carbonyl (C=O) groups excluding carboxylic acids is 1. The van der Waals surface area contributed by atoms with Gasteiger partial charge in [0.05, 0.1) is 29.7 Å².